The van der Waals surface area contributed by atoms with Crippen LogP contribution in [0.2, 0.25) is 0 Å². The van der Waals surface area contributed by atoms with Crippen LogP contribution < -0.4 is 9.47 Å². The topological polar surface area (TPSA) is 44.8 Å². The number of unbranched alkanes of at least 4 members (excludes halogenated alkanes) is 1. The van der Waals surface area contributed by atoms with Crippen LogP contribution in [-0.4, -0.2) is 25.3 Å². The number of hydrogen-bond donors (Lipinski definition) is 0. The van der Waals surface area contributed by atoms with Gasteiger partial charge >= 0.3 is 5.97 Å². The lowest BCUT2D eigenvalue weighted by atomic mass is 9.98. The van der Waals surface area contributed by atoms with Crippen LogP contribution in [0.3, 0.4) is 0 Å². The molecule has 1 aromatic carbocycles. The molecule has 7 heteroatoms. The summed E-state index contributed by atoms with van der Waals surface area (Å²) in [7, 11) is 0. The van der Waals surface area contributed by atoms with Crippen molar-refractivity contribution in [1.82, 2.24) is 0 Å². The first-order valence-corrected chi connectivity index (χ1v) is 9.76. The normalized spacial score (nSPS) is 20.1. The standard InChI is InChI=1S/C21H27F3O4/c1-3-5-11-26-17-9-10-18(20(24)19(17)23)28-21(25)14-7-8-16(27-13-14)12-15(22)6-4-2/h9-10,12,14,16H,3-8,11,13H2,1-2H3. The minimum absolute atomic E-state index is 0.0434. The minimum atomic E-state index is -1.26. The number of carbonyl (C=O) groups is 1. The molecule has 2 rings (SSSR count). The van der Waals surface area contributed by atoms with Gasteiger partial charge in [-0.25, -0.2) is 4.39 Å². The van der Waals surface area contributed by atoms with Gasteiger partial charge < -0.3 is 14.2 Å². The Morgan fingerprint density at radius 3 is 2.54 bits per heavy atom. The molecule has 0 amide bonds. The number of halogens is 3. The second-order valence-corrected chi connectivity index (χ2v) is 6.82. The van der Waals surface area contributed by atoms with E-state index < -0.39 is 29.3 Å². The van der Waals surface area contributed by atoms with E-state index in [1.165, 1.54) is 18.2 Å². The highest BCUT2D eigenvalue weighted by Crippen LogP contribution is 2.29. The molecule has 1 heterocycles. The number of ether oxygens (including phenoxy) is 3. The van der Waals surface area contributed by atoms with Gasteiger partial charge in [0, 0.05) is 0 Å². The van der Waals surface area contributed by atoms with E-state index in [9.17, 15) is 18.0 Å². The molecule has 0 spiro atoms. The summed E-state index contributed by atoms with van der Waals surface area (Å²) in [5, 5.41) is 0. The van der Waals surface area contributed by atoms with Gasteiger partial charge in [-0.15, -0.1) is 0 Å². The molecule has 0 aromatic heterocycles. The van der Waals surface area contributed by atoms with Gasteiger partial charge in [-0.2, -0.15) is 8.78 Å². The van der Waals surface area contributed by atoms with Crippen LogP contribution in [0.4, 0.5) is 13.2 Å². The maximum absolute atomic E-state index is 14.2. The summed E-state index contributed by atoms with van der Waals surface area (Å²) in [6.45, 7) is 4.16. The molecule has 4 nitrogen and oxygen atoms in total. The molecule has 1 aliphatic rings. The summed E-state index contributed by atoms with van der Waals surface area (Å²) in [5.41, 5.74) is 0. The van der Waals surface area contributed by atoms with Gasteiger partial charge in [0.25, 0.3) is 0 Å². The van der Waals surface area contributed by atoms with Gasteiger partial charge in [0.2, 0.25) is 11.6 Å². The van der Waals surface area contributed by atoms with Crippen LogP contribution in [0.15, 0.2) is 24.0 Å². The molecule has 0 aliphatic carbocycles. The van der Waals surface area contributed by atoms with E-state index in [4.69, 9.17) is 14.2 Å². The van der Waals surface area contributed by atoms with Gasteiger partial charge in [0.15, 0.2) is 11.5 Å². The zero-order valence-electron chi connectivity index (χ0n) is 16.3. The van der Waals surface area contributed by atoms with E-state index in [2.05, 4.69) is 0 Å². The van der Waals surface area contributed by atoms with Crippen LogP contribution >= 0.6 is 0 Å². The van der Waals surface area contributed by atoms with E-state index in [0.29, 0.717) is 25.7 Å². The van der Waals surface area contributed by atoms with Crippen molar-refractivity contribution in [3.05, 3.63) is 35.7 Å². The molecule has 1 aromatic rings. The number of esters is 1. The average Bonchev–Trinajstić information content (AvgIpc) is 2.68. The van der Waals surface area contributed by atoms with Gasteiger partial charge in [-0.1, -0.05) is 20.3 Å². The number of hydrogen-bond acceptors (Lipinski definition) is 4. The van der Waals surface area contributed by atoms with Crippen molar-refractivity contribution in [2.24, 2.45) is 5.92 Å². The fraction of sp³-hybridized carbons (Fsp3) is 0.571. The lowest BCUT2D eigenvalue weighted by Crippen LogP contribution is -2.32. The van der Waals surface area contributed by atoms with E-state index in [1.807, 2.05) is 13.8 Å². The molecule has 1 fully saturated rings. The van der Waals surface area contributed by atoms with Crippen molar-refractivity contribution in [2.75, 3.05) is 13.2 Å². The Hall–Kier alpha value is -2.02. The second-order valence-electron chi connectivity index (χ2n) is 6.82. The average molecular weight is 400 g/mol. The molecule has 2 atom stereocenters. The summed E-state index contributed by atoms with van der Waals surface area (Å²) in [6.07, 6.45) is 4.56. The fourth-order valence-corrected chi connectivity index (χ4v) is 2.84. The summed E-state index contributed by atoms with van der Waals surface area (Å²) >= 11 is 0. The molecule has 28 heavy (non-hydrogen) atoms. The van der Waals surface area contributed by atoms with Crippen molar-refractivity contribution in [3.63, 3.8) is 0 Å². The monoisotopic (exact) mass is 400 g/mol. The zero-order valence-corrected chi connectivity index (χ0v) is 16.3. The molecular formula is C21H27F3O4. The van der Waals surface area contributed by atoms with E-state index in [0.717, 1.165) is 12.8 Å². The van der Waals surface area contributed by atoms with Crippen molar-refractivity contribution in [3.8, 4) is 11.5 Å². The number of carbonyl (C=O) groups excluding carboxylic acids is 1. The van der Waals surface area contributed by atoms with E-state index >= 15 is 0 Å². The highest BCUT2D eigenvalue weighted by atomic mass is 19.2. The number of rotatable bonds is 9. The van der Waals surface area contributed by atoms with Crippen LogP contribution in [0.1, 0.15) is 52.4 Å². The molecular weight excluding hydrogens is 373 g/mol. The third-order valence-corrected chi connectivity index (χ3v) is 4.48. The molecule has 1 saturated heterocycles. The Kier molecular flexibility index (Phi) is 8.83. The summed E-state index contributed by atoms with van der Waals surface area (Å²) < 4.78 is 57.5. The van der Waals surface area contributed by atoms with Crippen LogP contribution in [0.25, 0.3) is 0 Å². The third kappa shape index (κ3) is 6.26. The number of benzene rings is 1. The largest absolute Gasteiger partial charge is 0.490 e. The molecule has 2 unspecified atom stereocenters. The maximum atomic E-state index is 14.2. The SMILES string of the molecule is CCCCOc1ccc(OC(=O)C2CCC(C=C(F)CCC)OC2)c(F)c1F. The molecule has 156 valence electrons. The Morgan fingerprint density at radius 2 is 1.89 bits per heavy atom. The number of allylic oxidation sites excluding steroid dienone is 1. The van der Waals surface area contributed by atoms with Crippen LogP contribution in [0, 0.1) is 17.6 Å². The maximum Gasteiger partial charge on any atom is 0.316 e. The van der Waals surface area contributed by atoms with Crippen molar-refractivity contribution >= 4 is 5.97 Å². The molecule has 0 saturated carbocycles. The molecule has 0 radical (unpaired) electrons. The Labute approximate surface area is 163 Å². The Bertz CT molecular complexity index is 682. The lowest BCUT2D eigenvalue weighted by Gasteiger charge is -2.26. The van der Waals surface area contributed by atoms with Crippen LogP contribution in [0.5, 0.6) is 11.5 Å². The van der Waals surface area contributed by atoms with Crippen molar-refractivity contribution < 1.29 is 32.2 Å². The van der Waals surface area contributed by atoms with Gasteiger partial charge in [0.05, 0.1) is 31.1 Å². The summed E-state index contributed by atoms with van der Waals surface area (Å²) in [6, 6.07) is 2.42. The predicted molar refractivity (Wildman–Crippen MR) is 99.0 cm³/mol. The van der Waals surface area contributed by atoms with E-state index in [1.54, 1.807) is 0 Å². The van der Waals surface area contributed by atoms with Gasteiger partial charge in [-0.05, 0) is 50.3 Å². The predicted octanol–water partition coefficient (Wildman–Crippen LogP) is 5.50. The van der Waals surface area contributed by atoms with Gasteiger partial charge in [-0.3, -0.25) is 4.79 Å². The molecule has 0 bridgehead atoms. The van der Waals surface area contributed by atoms with Gasteiger partial charge in [0.1, 0.15) is 0 Å². The quantitative estimate of drug-likeness (QED) is 0.312. The van der Waals surface area contributed by atoms with Crippen molar-refractivity contribution in [2.45, 2.75) is 58.5 Å². The fourth-order valence-electron chi connectivity index (χ4n) is 2.84. The molecule has 0 N–H and O–H groups in total. The Balaban J connectivity index is 1.91. The highest BCUT2D eigenvalue weighted by molar-refractivity contribution is 5.75. The first kappa shape index (κ1) is 22.3. The molecule has 1 aliphatic heterocycles. The first-order valence-electron chi connectivity index (χ1n) is 9.76. The Morgan fingerprint density at radius 1 is 1.18 bits per heavy atom. The highest BCUT2D eigenvalue weighted by Gasteiger charge is 2.29. The lowest BCUT2D eigenvalue weighted by molar-refractivity contribution is -0.144. The smallest absolute Gasteiger partial charge is 0.316 e. The minimum Gasteiger partial charge on any atom is -0.490 e. The van der Waals surface area contributed by atoms with E-state index in [-0.39, 0.29) is 30.9 Å². The first-order chi connectivity index (χ1) is 13.5. The summed E-state index contributed by atoms with van der Waals surface area (Å²) in [4.78, 5) is 12.2. The third-order valence-electron chi connectivity index (χ3n) is 4.48. The van der Waals surface area contributed by atoms with Crippen molar-refractivity contribution in [1.29, 1.82) is 0 Å². The second kappa shape index (κ2) is 11.1. The summed E-state index contributed by atoms with van der Waals surface area (Å²) in [5.74, 6) is -4.68. The zero-order chi connectivity index (χ0) is 20.5. The van der Waals surface area contributed by atoms with Crippen LogP contribution in [-0.2, 0) is 9.53 Å².